The summed E-state index contributed by atoms with van der Waals surface area (Å²) in [6.07, 6.45) is 0. The van der Waals surface area contributed by atoms with Crippen LogP contribution in [0.1, 0.15) is 0 Å². The van der Waals surface area contributed by atoms with Gasteiger partial charge in [-0.15, -0.1) is 0 Å². The number of anilines is 2. The van der Waals surface area contributed by atoms with Gasteiger partial charge in [-0.05, 0) is 68.3 Å². The summed E-state index contributed by atoms with van der Waals surface area (Å²) in [7, 11) is -8.79. The second-order valence-corrected chi connectivity index (χ2v) is 10.9. The van der Waals surface area contributed by atoms with Gasteiger partial charge in [0.2, 0.25) is 0 Å². The van der Waals surface area contributed by atoms with Gasteiger partial charge in [0.15, 0.2) is 0 Å². The molecule has 0 aromatic heterocycles. The van der Waals surface area contributed by atoms with Gasteiger partial charge in [-0.3, -0.25) is 9.44 Å². The lowest BCUT2D eigenvalue weighted by atomic mass is 10.3. The minimum absolute atomic E-state index is 0.201. The number of hydrogen-bond acceptors (Lipinski definition) is 4. The molecule has 12 heteroatoms. The molecule has 0 amide bonds. The summed E-state index contributed by atoms with van der Waals surface area (Å²) in [5.74, 6) is -1.95. The van der Waals surface area contributed by atoms with Crippen molar-refractivity contribution in [2.75, 3.05) is 9.44 Å². The molecule has 0 bridgehead atoms. The van der Waals surface area contributed by atoms with Crippen molar-refractivity contribution in [3.05, 3.63) is 81.2 Å². The van der Waals surface area contributed by atoms with E-state index in [2.05, 4.69) is 41.3 Å². The highest BCUT2D eigenvalue weighted by molar-refractivity contribution is 9.13. The zero-order valence-corrected chi connectivity index (χ0v) is 19.5. The van der Waals surface area contributed by atoms with Crippen molar-refractivity contribution in [2.24, 2.45) is 0 Å². The number of hydrogen-bond donors (Lipinski definition) is 2. The molecule has 158 valence electrons. The van der Waals surface area contributed by atoms with Crippen LogP contribution in [-0.4, -0.2) is 16.8 Å². The molecule has 0 spiro atoms. The number of sulfonamides is 2. The molecule has 0 heterocycles. The zero-order valence-electron chi connectivity index (χ0n) is 14.7. The summed E-state index contributed by atoms with van der Waals surface area (Å²) in [6, 6.07) is 12.0. The van der Waals surface area contributed by atoms with Gasteiger partial charge in [0.05, 0.1) is 11.4 Å². The lowest BCUT2D eigenvalue weighted by Crippen LogP contribution is -2.19. The van der Waals surface area contributed by atoms with E-state index in [1.165, 1.54) is 36.4 Å². The minimum atomic E-state index is -4.39. The first-order chi connectivity index (χ1) is 14.0. The van der Waals surface area contributed by atoms with E-state index in [1.54, 1.807) is 0 Å². The van der Waals surface area contributed by atoms with E-state index in [0.29, 0.717) is 8.95 Å². The van der Waals surface area contributed by atoms with E-state index in [9.17, 15) is 25.6 Å². The first-order valence-electron chi connectivity index (χ1n) is 8.05. The van der Waals surface area contributed by atoms with Gasteiger partial charge >= 0.3 is 0 Å². The Morgan fingerprint density at radius 3 is 1.30 bits per heavy atom. The highest BCUT2D eigenvalue weighted by Gasteiger charge is 2.24. The van der Waals surface area contributed by atoms with Crippen LogP contribution in [0.5, 0.6) is 0 Å². The molecule has 0 aliphatic heterocycles. The molecule has 3 rings (SSSR count). The molecule has 0 unspecified atom stereocenters. The van der Waals surface area contributed by atoms with Gasteiger partial charge in [0.1, 0.15) is 21.4 Å². The van der Waals surface area contributed by atoms with E-state index in [0.717, 1.165) is 24.3 Å². The molecular formula is C18H12Br2F2N2O4S2. The zero-order chi connectivity index (χ0) is 22.1. The predicted molar refractivity (Wildman–Crippen MR) is 116 cm³/mol. The van der Waals surface area contributed by atoms with Crippen LogP contribution in [0.4, 0.5) is 20.2 Å². The summed E-state index contributed by atoms with van der Waals surface area (Å²) < 4.78 is 83.6. The van der Waals surface area contributed by atoms with Gasteiger partial charge in [0.25, 0.3) is 20.0 Å². The van der Waals surface area contributed by atoms with Crippen molar-refractivity contribution in [1.29, 1.82) is 0 Å². The molecule has 6 nitrogen and oxygen atoms in total. The normalized spacial score (nSPS) is 11.9. The molecule has 0 saturated carbocycles. The molecule has 0 aliphatic rings. The first-order valence-corrected chi connectivity index (χ1v) is 12.6. The van der Waals surface area contributed by atoms with Gasteiger partial charge in [0, 0.05) is 8.95 Å². The molecule has 3 aromatic rings. The number of halogens is 4. The van der Waals surface area contributed by atoms with Crippen LogP contribution >= 0.6 is 31.9 Å². The third-order valence-corrected chi connectivity index (χ3v) is 8.44. The molecule has 30 heavy (non-hydrogen) atoms. The smallest absolute Gasteiger partial charge is 0.264 e. The molecule has 2 N–H and O–H groups in total. The van der Waals surface area contributed by atoms with E-state index >= 15 is 0 Å². The molecule has 0 atom stereocenters. The van der Waals surface area contributed by atoms with Crippen LogP contribution in [0, 0.1) is 11.6 Å². The Morgan fingerprint density at radius 2 is 0.967 bits per heavy atom. The standard InChI is InChI=1S/C18H12Br2F2N2O4S2/c19-11-9-15(23-29(25,26)17-7-3-1-5-13(17)21)16(10-12(11)20)24-30(27,28)18-8-4-2-6-14(18)22/h1-10,23-24H. The maximum absolute atomic E-state index is 14.0. The van der Waals surface area contributed by atoms with Crippen LogP contribution in [0.15, 0.2) is 79.4 Å². The first kappa shape index (κ1) is 22.7. The summed E-state index contributed by atoms with van der Waals surface area (Å²) in [6.45, 7) is 0. The van der Waals surface area contributed by atoms with Crippen LogP contribution in [-0.2, 0) is 20.0 Å². The van der Waals surface area contributed by atoms with Crippen molar-refractivity contribution in [2.45, 2.75) is 9.79 Å². The molecular weight excluding hydrogens is 570 g/mol. The summed E-state index contributed by atoms with van der Waals surface area (Å²) in [5.41, 5.74) is -0.401. The third kappa shape index (κ3) is 4.82. The Labute approximate surface area is 188 Å². The van der Waals surface area contributed by atoms with Crippen molar-refractivity contribution in [1.82, 2.24) is 0 Å². The lowest BCUT2D eigenvalue weighted by molar-refractivity contribution is 0.568. The fourth-order valence-electron chi connectivity index (χ4n) is 2.44. The fraction of sp³-hybridized carbons (Fsp3) is 0. The Bertz CT molecular complexity index is 1230. The van der Waals surface area contributed by atoms with Crippen molar-refractivity contribution in [3.8, 4) is 0 Å². The Kier molecular flexibility index (Phi) is 6.51. The molecule has 0 aliphatic carbocycles. The van der Waals surface area contributed by atoms with Gasteiger partial charge in [-0.2, -0.15) is 0 Å². The largest absolute Gasteiger partial charge is 0.277 e. The SMILES string of the molecule is O=S(=O)(Nc1cc(Br)c(Br)cc1NS(=O)(=O)c1ccccc1F)c1ccccc1F. The van der Waals surface area contributed by atoms with Gasteiger partial charge < -0.3 is 0 Å². The van der Waals surface area contributed by atoms with Crippen molar-refractivity contribution < 1.29 is 25.6 Å². The molecule has 0 fully saturated rings. The lowest BCUT2D eigenvalue weighted by Gasteiger charge is -2.16. The molecule has 3 aromatic carbocycles. The average Bonchev–Trinajstić information content (AvgIpc) is 2.66. The maximum atomic E-state index is 14.0. The highest BCUT2D eigenvalue weighted by atomic mass is 79.9. The number of benzene rings is 3. The van der Waals surface area contributed by atoms with Crippen molar-refractivity contribution in [3.63, 3.8) is 0 Å². The number of nitrogens with one attached hydrogen (secondary N) is 2. The van der Waals surface area contributed by atoms with Crippen LogP contribution < -0.4 is 9.44 Å². The fourth-order valence-corrected chi connectivity index (χ4v) is 5.43. The minimum Gasteiger partial charge on any atom is -0.277 e. The topological polar surface area (TPSA) is 92.3 Å². The van der Waals surface area contributed by atoms with Gasteiger partial charge in [-0.1, -0.05) is 24.3 Å². The Balaban J connectivity index is 2.06. The quantitative estimate of drug-likeness (QED) is 0.424. The van der Waals surface area contributed by atoms with Crippen LogP contribution in [0.25, 0.3) is 0 Å². The molecule has 0 radical (unpaired) electrons. The second-order valence-electron chi connectivity index (χ2n) is 5.88. The van der Waals surface area contributed by atoms with E-state index < -0.39 is 41.5 Å². The van der Waals surface area contributed by atoms with Crippen LogP contribution in [0.3, 0.4) is 0 Å². The van der Waals surface area contributed by atoms with E-state index in [4.69, 9.17) is 0 Å². The monoisotopic (exact) mass is 580 g/mol. The summed E-state index contributed by atoms with van der Waals surface area (Å²) in [5, 5.41) is 0. The Hall–Kier alpha value is -2.02. The summed E-state index contributed by atoms with van der Waals surface area (Å²) in [4.78, 5) is -1.24. The van der Waals surface area contributed by atoms with Crippen LogP contribution in [0.2, 0.25) is 0 Å². The number of rotatable bonds is 6. The van der Waals surface area contributed by atoms with E-state index in [-0.39, 0.29) is 11.4 Å². The maximum Gasteiger partial charge on any atom is 0.264 e. The van der Waals surface area contributed by atoms with Gasteiger partial charge in [-0.25, -0.2) is 25.6 Å². The third-order valence-electron chi connectivity index (χ3n) is 3.80. The Morgan fingerprint density at radius 1 is 0.633 bits per heavy atom. The van der Waals surface area contributed by atoms with Crippen molar-refractivity contribution >= 4 is 63.3 Å². The average molecular weight is 582 g/mol. The highest BCUT2D eigenvalue weighted by Crippen LogP contribution is 2.36. The van der Waals surface area contributed by atoms with E-state index in [1.807, 2.05) is 0 Å². The predicted octanol–water partition coefficient (Wildman–Crippen LogP) is 5.09. The molecule has 0 saturated heterocycles. The second kappa shape index (κ2) is 8.61. The summed E-state index contributed by atoms with van der Waals surface area (Å²) >= 11 is 6.40.